The molecule has 130 valence electrons. The van der Waals surface area contributed by atoms with Crippen molar-refractivity contribution in [3.05, 3.63) is 83.9 Å². The molecule has 4 nitrogen and oxygen atoms in total. The van der Waals surface area contributed by atoms with Crippen molar-refractivity contribution < 1.29 is 9.57 Å². The highest BCUT2D eigenvalue weighted by Crippen LogP contribution is 2.25. The smallest absolute Gasteiger partial charge is 0.176 e. The molecular weight excluding hydrogens is 324 g/mol. The van der Waals surface area contributed by atoms with Gasteiger partial charge >= 0.3 is 0 Å². The van der Waals surface area contributed by atoms with E-state index in [0.717, 1.165) is 33.7 Å². The van der Waals surface area contributed by atoms with Gasteiger partial charge < -0.3 is 9.57 Å². The number of ether oxygens (including phenoxy) is 1. The maximum atomic E-state index is 6.15. The largest absolute Gasteiger partial charge is 0.497 e. The molecule has 0 aliphatic rings. The zero-order valence-corrected chi connectivity index (χ0v) is 14.8. The van der Waals surface area contributed by atoms with Crippen molar-refractivity contribution in [1.29, 1.82) is 0 Å². The van der Waals surface area contributed by atoms with Crippen molar-refractivity contribution in [1.82, 2.24) is 9.71 Å². The summed E-state index contributed by atoms with van der Waals surface area (Å²) in [7, 11) is 1.66. The number of benzene rings is 3. The minimum Gasteiger partial charge on any atom is -0.497 e. The SMILES string of the molecule is COc1ccc(-c2nc3ccccc3n2OCc2ccc(C)cc2)cc1. The minimum atomic E-state index is 0.476. The van der Waals surface area contributed by atoms with Crippen molar-refractivity contribution in [3.63, 3.8) is 0 Å². The Morgan fingerprint density at radius 2 is 1.62 bits per heavy atom. The molecule has 1 aromatic heterocycles. The molecule has 4 rings (SSSR count). The second-order valence-corrected chi connectivity index (χ2v) is 6.21. The number of imidazole rings is 1. The Morgan fingerprint density at radius 1 is 0.885 bits per heavy atom. The summed E-state index contributed by atoms with van der Waals surface area (Å²) in [5, 5.41) is 0. The molecule has 0 saturated heterocycles. The van der Waals surface area contributed by atoms with Gasteiger partial charge in [0, 0.05) is 5.56 Å². The van der Waals surface area contributed by atoms with Gasteiger partial charge in [-0.05, 0) is 48.9 Å². The van der Waals surface area contributed by atoms with Gasteiger partial charge in [0.05, 0.1) is 12.6 Å². The molecule has 0 fully saturated rings. The van der Waals surface area contributed by atoms with Gasteiger partial charge in [-0.3, -0.25) is 0 Å². The first-order chi connectivity index (χ1) is 12.7. The van der Waals surface area contributed by atoms with E-state index < -0.39 is 0 Å². The molecule has 0 saturated carbocycles. The van der Waals surface area contributed by atoms with Crippen LogP contribution in [0, 0.1) is 6.92 Å². The summed E-state index contributed by atoms with van der Waals surface area (Å²) in [6, 6.07) is 24.2. The molecule has 0 radical (unpaired) electrons. The number of rotatable bonds is 5. The van der Waals surface area contributed by atoms with Crippen molar-refractivity contribution in [2.45, 2.75) is 13.5 Å². The second kappa shape index (κ2) is 6.92. The maximum Gasteiger partial charge on any atom is 0.176 e. The number of hydrogen-bond donors (Lipinski definition) is 0. The fourth-order valence-electron chi connectivity index (χ4n) is 2.88. The van der Waals surface area contributed by atoms with Crippen LogP contribution in [0.5, 0.6) is 5.75 Å². The van der Waals surface area contributed by atoms with Crippen LogP contribution in [0.2, 0.25) is 0 Å². The van der Waals surface area contributed by atoms with E-state index in [1.54, 1.807) is 7.11 Å². The van der Waals surface area contributed by atoms with Gasteiger partial charge in [0.15, 0.2) is 5.82 Å². The molecule has 4 aromatic rings. The molecule has 4 heteroatoms. The van der Waals surface area contributed by atoms with Gasteiger partial charge in [-0.1, -0.05) is 42.0 Å². The van der Waals surface area contributed by atoms with Crippen molar-refractivity contribution in [3.8, 4) is 17.1 Å². The van der Waals surface area contributed by atoms with Crippen molar-refractivity contribution in [2.24, 2.45) is 0 Å². The Bertz CT molecular complexity index is 1020. The zero-order chi connectivity index (χ0) is 17.9. The average molecular weight is 344 g/mol. The molecule has 0 atom stereocenters. The predicted molar refractivity (Wildman–Crippen MR) is 103 cm³/mol. The third-order valence-electron chi connectivity index (χ3n) is 4.35. The van der Waals surface area contributed by atoms with Gasteiger partial charge in [0.25, 0.3) is 0 Å². The summed E-state index contributed by atoms with van der Waals surface area (Å²) in [4.78, 5) is 10.9. The van der Waals surface area contributed by atoms with Crippen LogP contribution in [0.3, 0.4) is 0 Å². The van der Waals surface area contributed by atoms with Gasteiger partial charge in [-0.2, -0.15) is 4.73 Å². The molecule has 0 spiro atoms. The lowest BCUT2D eigenvalue weighted by Gasteiger charge is -2.12. The van der Waals surface area contributed by atoms with Crippen molar-refractivity contribution >= 4 is 11.0 Å². The van der Waals surface area contributed by atoms with Gasteiger partial charge in [-0.15, -0.1) is 0 Å². The summed E-state index contributed by atoms with van der Waals surface area (Å²) < 4.78 is 7.07. The van der Waals surface area contributed by atoms with E-state index >= 15 is 0 Å². The first-order valence-electron chi connectivity index (χ1n) is 8.55. The number of methoxy groups -OCH3 is 1. The fourth-order valence-corrected chi connectivity index (χ4v) is 2.88. The first-order valence-corrected chi connectivity index (χ1v) is 8.55. The molecule has 3 aromatic carbocycles. The predicted octanol–water partition coefficient (Wildman–Crippen LogP) is 4.65. The third kappa shape index (κ3) is 3.14. The summed E-state index contributed by atoms with van der Waals surface area (Å²) in [6.07, 6.45) is 0. The number of hydrogen-bond acceptors (Lipinski definition) is 3. The van der Waals surface area contributed by atoms with E-state index in [4.69, 9.17) is 14.6 Å². The second-order valence-electron chi connectivity index (χ2n) is 6.21. The summed E-state index contributed by atoms with van der Waals surface area (Å²) >= 11 is 0. The highest BCUT2D eigenvalue weighted by Gasteiger charge is 2.14. The van der Waals surface area contributed by atoms with E-state index in [-0.39, 0.29) is 0 Å². The number of nitrogens with zero attached hydrogens (tertiary/aromatic N) is 2. The topological polar surface area (TPSA) is 36.3 Å². The van der Waals surface area contributed by atoms with E-state index in [0.29, 0.717) is 6.61 Å². The Hall–Kier alpha value is -3.27. The summed E-state index contributed by atoms with van der Waals surface area (Å²) in [5.74, 6) is 1.60. The molecule has 0 amide bonds. The lowest BCUT2D eigenvalue weighted by atomic mass is 10.2. The maximum absolute atomic E-state index is 6.15. The number of aromatic nitrogens is 2. The Balaban J connectivity index is 1.72. The normalized spacial score (nSPS) is 10.8. The average Bonchev–Trinajstić information content (AvgIpc) is 3.06. The highest BCUT2D eigenvalue weighted by molar-refractivity contribution is 5.80. The molecular formula is C22H20N2O2. The van der Waals surface area contributed by atoms with Crippen LogP contribution in [0.15, 0.2) is 72.8 Å². The van der Waals surface area contributed by atoms with Crippen LogP contribution >= 0.6 is 0 Å². The van der Waals surface area contributed by atoms with Crippen LogP contribution in [0.25, 0.3) is 22.4 Å². The molecule has 1 heterocycles. The molecule has 0 aliphatic carbocycles. The van der Waals surface area contributed by atoms with Gasteiger partial charge in [0.1, 0.15) is 17.9 Å². The van der Waals surface area contributed by atoms with Crippen LogP contribution in [-0.4, -0.2) is 16.8 Å². The Kier molecular flexibility index (Phi) is 4.32. The zero-order valence-electron chi connectivity index (χ0n) is 14.8. The highest BCUT2D eigenvalue weighted by atomic mass is 16.7. The standard InChI is InChI=1S/C22H20N2O2/c1-16-7-9-17(10-8-16)15-26-24-21-6-4-3-5-20(21)23-22(24)18-11-13-19(25-2)14-12-18/h3-14H,15H2,1-2H3. The molecule has 0 N–H and O–H groups in total. The molecule has 0 unspecified atom stereocenters. The van der Waals surface area contributed by atoms with Gasteiger partial charge in [-0.25, -0.2) is 4.98 Å². The lowest BCUT2D eigenvalue weighted by molar-refractivity contribution is 0.110. The van der Waals surface area contributed by atoms with Crippen LogP contribution in [0.1, 0.15) is 11.1 Å². The Morgan fingerprint density at radius 3 is 2.35 bits per heavy atom. The number of para-hydroxylation sites is 2. The van der Waals surface area contributed by atoms with Gasteiger partial charge in [0.2, 0.25) is 0 Å². The van der Waals surface area contributed by atoms with Crippen LogP contribution in [-0.2, 0) is 6.61 Å². The minimum absolute atomic E-state index is 0.476. The quantitative estimate of drug-likeness (QED) is 0.529. The summed E-state index contributed by atoms with van der Waals surface area (Å²) in [6.45, 7) is 2.56. The summed E-state index contributed by atoms with van der Waals surface area (Å²) in [5.41, 5.74) is 5.19. The number of fused-ring (bicyclic) bond motifs is 1. The monoisotopic (exact) mass is 344 g/mol. The van der Waals surface area contributed by atoms with Crippen LogP contribution < -0.4 is 9.57 Å². The first kappa shape index (κ1) is 16.2. The van der Waals surface area contributed by atoms with E-state index in [9.17, 15) is 0 Å². The Labute approximate surface area is 152 Å². The van der Waals surface area contributed by atoms with E-state index in [2.05, 4.69) is 31.2 Å². The van der Waals surface area contributed by atoms with E-state index in [1.807, 2.05) is 53.3 Å². The molecule has 26 heavy (non-hydrogen) atoms. The van der Waals surface area contributed by atoms with Crippen LogP contribution in [0.4, 0.5) is 0 Å². The lowest BCUT2D eigenvalue weighted by Crippen LogP contribution is -2.12. The van der Waals surface area contributed by atoms with E-state index in [1.165, 1.54) is 5.56 Å². The third-order valence-corrected chi connectivity index (χ3v) is 4.35. The molecule has 0 aliphatic heterocycles. The molecule has 0 bridgehead atoms. The van der Waals surface area contributed by atoms with Crippen molar-refractivity contribution in [2.75, 3.05) is 7.11 Å². The fraction of sp³-hybridized carbons (Fsp3) is 0.136. The number of aryl methyl sites for hydroxylation is 1.